The molecule has 3 fully saturated rings. The fourth-order valence-electron chi connectivity index (χ4n) is 4.59. The first-order valence-electron chi connectivity index (χ1n) is 12.2. The molecule has 0 aromatic heterocycles. The monoisotopic (exact) mass is 561 g/mol. The Labute approximate surface area is 215 Å². The minimum Gasteiger partial charge on any atom is -0.450 e. The van der Waals surface area contributed by atoms with E-state index in [4.69, 9.17) is 9.26 Å². The summed E-state index contributed by atoms with van der Waals surface area (Å²) in [7, 11) is -3.87. The Morgan fingerprint density at radius 3 is 2.08 bits per heavy atom. The molecule has 0 amide bonds. The zero-order chi connectivity index (χ0) is 27.3. The Hall–Kier alpha value is -2.60. The molecule has 2 aromatic carbocycles. The van der Waals surface area contributed by atoms with Crippen molar-refractivity contribution in [2.24, 2.45) is 0 Å². The third-order valence-corrected chi connectivity index (χ3v) is 9.60. The van der Waals surface area contributed by atoms with Crippen molar-refractivity contribution in [2.45, 2.75) is 49.8 Å². The Morgan fingerprint density at radius 1 is 1.00 bits per heavy atom. The second kappa shape index (κ2) is 9.86. The summed E-state index contributed by atoms with van der Waals surface area (Å²) in [4.78, 5) is 10.8. The molecule has 2 aliphatic heterocycles. The summed E-state index contributed by atoms with van der Waals surface area (Å²) in [5, 5.41) is 11.6. The van der Waals surface area contributed by atoms with E-state index in [0.29, 0.717) is 39.0 Å². The van der Waals surface area contributed by atoms with Gasteiger partial charge >= 0.3 is 19.5 Å². The molecule has 0 bridgehead atoms. The van der Waals surface area contributed by atoms with Gasteiger partial charge in [-0.05, 0) is 54.2 Å². The first kappa shape index (κ1) is 27.0. The fourth-order valence-corrected chi connectivity index (χ4v) is 6.92. The highest BCUT2D eigenvalue weighted by atomic mass is 31.2. The summed E-state index contributed by atoms with van der Waals surface area (Å²) in [6, 6.07) is 8.98. The molecule has 3 aliphatic rings. The number of nitrogens with zero attached hydrogens (tertiary/aromatic N) is 3. The Kier molecular flexibility index (Phi) is 7.00. The highest BCUT2D eigenvalue weighted by molar-refractivity contribution is 7.54. The number of hydrogen-bond acceptors (Lipinski definition) is 5. The van der Waals surface area contributed by atoms with E-state index in [9.17, 15) is 36.6 Å². The maximum Gasteiger partial charge on any atom is 0.419 e. The summed E-state index contributed by atoms with van der Waals surface area (Å²) >= 11 is 0. The summed E-state index contributed by atoms with van der Waals surface area (Å²) < 4.78 is 96.0. The van der Waals surface area contributed by atoms with Gasteiger partial charge in [-0.2, -0.15) is 13.2 Å². The van der Waals surface area contributed by atoms with Crippen LogP contribution in [0.1, 0.15) is 48.8 Å². The van der Waals surface area contributed by atoms with E-state index in [1.54, 1.807) is 12.1 Å². The minimum absolute atomic E-state index is 0.0638. The topological polar surface area (TPSA) is 84.7 Å². The predicted octanol–water partition coefficient (Wildman–Crippen LogP) is 7.04. The van der Waals surface area contributed by atoms with Crippen molar-refractivity contribution in [3.8, 4) is 11.5 Å². The van der Waals surface area contributed by atoms with Crippen molar-refractivity contribution in [3.63, 3.8) is 0 Å². The van der Waals surface area contributed by atoms with Gasteiger partial charge in [-0.3, -0.25) is 19.2 Å². The summed E-state index contributed by atoms with van der Waals surface area (Å²) in [5.41, 5.74) is -0.238. The lowest BCUT2D eigenvalue weighted by atomic mass is 9.82. The van der Waals surface area contributed by atoms with Crippen LogP contribution in [0, 0.1) is 10.1 Å². The third-order valence-electron chi connectivity index (χ3n) is 6.88. The molecule has 14 heteroatoms. The van der Waals surface area contributed by atoms with E-state index in [1.807, 2.05) is 0 Å². The number of hydrogen-bond donors (Lipinski definition) is 0. The van der Waals surface area contributed by atoms with Gasteiger partial charge in [-0.1, -0.05) is 12.1 Å². The van der Waals surface area contributed by atoms with Gasteiger partial charge in [-0.15, -0.1) is 0 Å². The smallest absolute Gasteiger partial charge is 0.419 e. The molecule has 2 heterocycles. The molecule has 1 aliphatic carbocycles. The van der Waals surface area contributed by atoms with Gasteiger partial charge in [-0.25, -0.2) is 18.1 Å². The summed E-state index contributed by atoms with van der Waals surface area (Å²) in [6.07, 6.45) is -7.33. The van der Waals surface area contributed by atoms with Crippen LogP contribution in [0.4, 0.5) is 27.6 Å². The van der Waals surface area contributed by atoms with Gasteiger partial charge in [0, 0.05) is 45.1 Å². The molecule has 2 aromatic rings. The Bertz CT molecular complexity index is 1220. The Morgan fingerprint density at radius 2 is 1.58 bits per heavy atom. The molecule has 1 saturated carbocycles. The normalized spacial score (nSPS) is 21.2. The zero-order valence-corrected chi connectivity index (χ0v) is 21.0. The van der Waals surface area contributed by atoms with Crippen LogP contribution in [-0.2, 0) is 9.09 Å². The fraction of sp³-hybridized carbons (Fsp3) is 0.500. The molecule has 8 nitrogen and oxygen atoms in total. The predicted molar refractivity (Wildman–Crippen MR) is 126 cm³/mol. The second-order valence-electron chi connectivity index (χ2n) is 9.71. The van der Waals surface area contributed by atoms with E-state index in [0.717, 1.165) is 23.8 Å². The van der Waals surface area contributed by atoms with E-state index >= 15 is 0 Å². The number of rotatable bonds is 9. The molecule has 206 valence electrons. The first-order valence-corrected chi connectivity index (χ1v) is 13.7. The lowest BCUT2D eigenvalue weighted by molar-refractivity contribution is -0.385. The van der Waals surface area contributed by atoms with E-state index in [2.05, 4.69) is 0 Å². The Balaban J connectivity index is 1.39. The quantitative estimate of drug-likeness (QED) is 0.107. The van der Waals surface area contributed by atoms with Gasteiger partial charge in [0.25, 0.3) is 0 Å². The van der Waals surface area contributed by atoms with Gasteiger partial charge < -0.3 is 4.74 Å². The molecular weight excluding hydrogens is 536 g/mol. The number of alkyl halides is 5. The number of halogens is 5. The SMILES string of the molecule is O=[N+]([O-])c1ccc(C(OP(=O)(N2CC2)N2CC2)C(F)(F)F)cc1Oc1ccc(C2CCC(F)(F)CC2)cc1. The van der Waals surface area contributed by atoms with Crippen LogP contribution in [0.3, 0.4) is 0 Å². The maximum atomic E-state index is 14.1. The van der Waals surface area contributed by atoms with Gasteiger partial charge in [0.05, 0.1) is 4.92 Å². The highest BCUT2D eigenvalue weighted by Gasteiger charge is 2.55. The van der Waals surface area contributed by atoms with Crippen LogP contribution in [0.15, 0.2) is 42.5 Å². The molecule has 0 N–H and O–H groups in total. The second-order valence-corrected chi connectivity index (χ2v) is 12.0. The van der Waals surface area contributed by atoms with Gasteiger partial charge in [0.1, 0.15) is 5.75 Å². The average molecular weight is 561 g/mol. The van der Waals surface area contributed by atoms with Crippen LogP contribution < -0.4 is 4.74 Å². The molecular formula is C24H25F5N3O5P. The number of nitro groups is 1. The van der Waals surface area contributed by atoms with Crippen molar-refractivity contribution in [3.05, 3.63) is 63.7 Å². The molecule has 0 radical (unpaired) electrons. The minimum atomic E-state index is -4.95. The largest absolute Gasteiger partial charge is 0.450 e. The van der Waals surface area contributed by atoms with E-state index in [1.165, 1.54) is 21.5 Å². The van der Waals surface area contributed by atoms with Crippen LogP contribution in [0.5, 0.6) is 11.5 Å². The van der Waals surface area contributed by atoms with Crippen molar-refractivity contribution in [2.75, 3.05) is 26.2 Å². The molecule has 0 spiro atoms. The van der Waals surface area contributed by atoms with Gasteiger partial charge in [0.15, 0.2) is 6.10 Å². The van der Waals surface area contributed by atoms with Crippen molar-refractivity contribution >= 4 is 13.4 Å². The third kappa shape index (κ3) is 5.85. The lowest BCUT2D eigenvalue weighted by Gasteiger charge is -2.28. The standard InChI is InChI=1S/C24H25F5N3O5P/c25-23(26)9-7-17(8-10-23)16-1-4-19(5-2-16)36-21-15-18(3-6-20(21)32(33)34)22(24(27,28)29)37-38(35,30-11-12-30)31-13-14-31/h1-6,15,17,22H,7-14H2. The average Bonchev–Trinajstić information content (AvgIpc) is 3.75. The highest BCUT2D eigenvalue weighted by Crippen LogP contribution is 2.64. The number of benzene rings is 2. The molecule has 38 heavy (non-hydrogen) atoms. The summed E-state index contributed by atoms with van der Waals surface area (Å²) in [5.74, 6) is -3.05. The molecule has 5 rings (SSSR count). The zero-order valence-electron chi connectivity index (χ0n) is 20.1. The summed E-state index contributed by atoms with van der Waals surface area (Å²) in [6.45, 7) is 1.41. The first-order chi connectivity index (χ1) is 17.9. The van der Waals surface area contributed by atoms with Crippen LogP contribution in [0.25, 0.3) is 0 Å². The van der Waals surface area contributed by atoms with Crippen molar-refractivity contribution in [1.29, 1.82) is 0 Å². The molecule has 1 unspecified atom stereocenters. The van der Waals surface area contributed by atoms with E-state index in [-0.39, 0.29) is 24.5 Å². The number of nitro benzene ring substituents is 1. The molecule has 1 atom stereocenters. The lowest BCUT2D eigenvalue weighted by Crippen LogP contribution is -2.25. The van der Waals surface area contributed by atoms with Crippen LogP contribution in [0.2, 0.25) is 0 Å². The van der Waals surface area contributed by atoms with Crippen molar-refractivity contribution < 1.29 is 40.7 Å². The molecule has 2 saturated heterocycles. The maximum absolute atomic E-state index is 14.1. The number of ether oxygens (including phenoxy) is 1. The van der Waals surface area contributed by atoms with Gasteiger partial charge in [0.2, 0.25) is 11.7 Å². The van der Waals surface area contributed by atoms with Crippen LogP contribution in [-0.4, -0.2) is 52.5 Å². The van der Waals surface area contributed by atoms with Crippen LogP contribution >= 0.6 is 7.67 Å². The van der Waals surface area contributed by atoms with E-state index < -0.39 is 47.8 Å². The van der Waals surface area contributed by atoms with Crippen molar-refractivity contribution in [1.82, 2.24) is 9.34 Å².